The van der Waals surface area contributed by atoms with Gasteiger partial charge in [-0.05, 0) is 46.5 Å². The van der Waals surface area contributed by atoms with Crippen molar-refractivity contribution in [3.05, 3.63) is 36.0 Å². The zero-order valence-corrected chi connectivity index (χ0v) is 11.2. The fourth-order valence-electron chi connectivity index (χ4n) is 1.27. The minimum atomic E-state index is -0.250. The Morgan fingerprint density at radius 2 is 1.59 bits per heavy atom. The summed E-state index contributed by atoms with van der Waals surface area (Å²) in [6.07, 6.45) is 14.0. The van der Waals surface area contributed by atoms with Crippen molar-refractivity contribution in [2.75, 3.05) is 6.61 Å². The van der Waals surface area contributed by atoms with E-state index in [2.05, 4.69) is 32.1 Å². The van der Waals surface area contributed by atoms with Crippen molar-refractivity contribution in [1.29, 1.82) is 0 Å². The maximum absolute atomic E-state index is 10.9. The number of esters is 1. The highest BCUT2D eigenvalue weighted by Gasteiger charge is 1.90. The molecule has 17 heavy (non-hydrogen) atoms. The first kappa shape index (κ1) is 15.7. The highest BCUT2D eigenvalue weighted by atomic mass is 16.5. The minimum absolute atomic E-state index is 0.250. The number of ether oxygens (including phenoxy) is 1. The van der Waals surface area contributed by atoms with E-state index in [4.69, 9.17) is 4.74 Å². The Balaban J connectivity index is 3.47. The summed E-state index contributed by atoms with van der Waals surface area (Å²) < 4.78 is 4.77. The molecule has 0 aromatic heterocycles. The second kappa shape index (κ2) is 11.2. The Morgan fingerprint density at radius 1 is 1.00 bits per heavy atom. The van der Waals surface area contributed by atoms with Crippen LogP contribution in [0.15, 0.2) is 36.0 Å². The summed E-state index contributed by atoms with van der Waals surface area (Å²) in [5.41, 5.74) is 1.37. The summed E-state index contributed by atoms with van der Waals surface area (Å²) in [5.74, 6) is -0.250. The predicted molar refractivity (Wildman–Crippen MR) is 72.8 cm³/mol. The van der Waals surface area contributed by atoms with Crippen LogP contribution in [0.25, 0.3) is 0 Å². The largest absolute Gasteiger partial charge is 0.463 e. The number of carbonyl (C=O) groups is 1. The van der Waals surface area contributed by atoms with Gasteiger partial charge in [-0.3, -0.25) is 0 Å². The first-order valence-corrected chi connectivity index (χ1v) is 6.28. The quantitative estimate of drug-likeness (QED) is 0.273. The molecule has 0 fully saturated rings. The summed E-state index contributed by atoms with van der Waals surface area (Å²) in [5, 5.41) is 0. The third-order valence-electron chi connectivity index (χ3n) is 2.09. The number of hydrogen-bond donors (Lipinski definition) is 0. The van der Waals surface area contributed by atoms with Crippen LogP contribution in [0.5, 0.6) is 0 Å². The van der Waals surface area contributed by atoms with Crippen LogP contribution in [0.3, 0.4) is 0 Å². The fourth-order valence-corrected chi connectivity index (χ4v) is 1.27. The maximum Gasteiger partial charge on any atom is 0.330 e. The van der Waals surface area contributed by atoms with Crippen LogP contribution in [0, 0.1) is 0 Å². The monoisotopic (exact) mass is 236 g/mol. The molecule has 0 aliphatic carbocycles. The standard InChI is InChI=1S/C15H24O2/c1-4-17-15(16)13-11-9-7-5-6-8-10-12-14(2)3/h5-6,11-13H,4,7-10H2,1-3H3/b6-5+,13-11+. The first-order chi connectivity index (χ1) is 8.16. The molecule has 0 heterocycles. The average molecular weight is 236 g/mol. The third kappa shape index (κ3) is 12.6. The summed E-state index contributed by atoms with van der Waals surface area (Å²) in [7, 11) is 0. The van der Waals surface area contributed by atoms with E-state index in [1.807, 2.05) is 6.08 Å². The summed E-state index contributed by atoms with van der Waals surface area (Å²) in [4.78, 5) is 10.9. The minimum Gasteiger partial charge on any atom is -0.463 e. The lowest BCUT2D eigenvalue weighted by Gasteiger charge is -1.93. The number of rotatable bonds is 8. The summed E-state index contributed by atoms with van der Waals surface area (Å²) >= 11 is 0. The molecule has 0 radical (unpaired) electrons. The zero-order valence-electron chi connectivity index (χ0n) is 11.2. The van der Waals surface area contributed by atoms with Gasteiger partial charge in [0.05, 0.1) is 6.61 Å². The highest BCUT2D eigenvalue weighted by Crippen LogP contribution is 2.00. The molecule has 0 aliphatic heterocycles. The Morgan fingerprint density at radius 3 is 2.18 bits per heavy atom. The van der Waals surface area contributed by atoms with Gasteiger partial charge in [-0.1, -0.05) is 29.9 Å². The van der Waals surface area contributed by atoms with Crippen LogP contribution < -0.4 is 0 Å². The smallest absolute Gasteiger partial charge is 0.330 e. The molecule has 0 saturated heterocycles. The van der Waals surface area contributed by atoms with Gasteiger partial charge >= 0.3 is 5.97 Å². The predicted octanol–water partition coefficient (Wildman–Crippen LogP) is 4.19. The fraction of sp³-hybridized carbons (Fsp3) is 0.533. The second-order valence-electron chi connectivity index (χ2n) is 4.06. The van der Waals surface area contributed by atoms with Crippen LogP contribution in [0.2, 0.25) is 0 Å². The maximum atomic E-state index is 10.9. The van der Waals surface area contributed by atoms with Gasteiger partial charge in [0.15, 0.2) is 0 Å². The van der Waals surface area contributed by atoms with Crippen molar-refractivity contribution < 1.29 is 9.53 Å². The van der Waals surface area contributed by atoms with Crippen molar-refractivity contribution >= 4 is 5.97 Å². The number of carbonyl (C=O) groups excluding carboxylic acids is 1. The Bertz CT molecular complexity index is 281. The van der Waals surface area contributed by atoms with Gasteiger partial charge in [0.25, 0.3) is 0 Å². The molecule has 0 spiro atoms. The molecular weight excluding hydrogens is 212 g/mol. The number of hydrogen-bond acceptors (Lipinski definition) is 2. The van der Waals surface area contributed by atoms with Gasteiger partial charge < -0.3 is 4.74 Å². The van der Waals surface area contributed by atoms with Crippen LogP contribution in [0.4, 0.5) is 0 Å². The van der Waals surface area contributed by atoms with Crippen molar-refractivity contribution in [1.82, 2.24) is 0 Å². The molecule has 0 unspecified atom stereocenters. The average Bonchev–Trinajstić information content (AvgIpc) is 2.27. The van der Waals surface area contributed by atoms with Gasteiger partial charge in [-0.25, -0.2) is 4.79 Å². The summed E-state index contributed by atoms with van der Waals surface area (Å²) in [6.45, 7) is 6.47. The van der Waals surface area contributed by atoms with Gasteiger partial charge in [-0.15, -0.1) is 0 Å². The molecule has 96 valence electrons. The van der Waals surface area contributed by atoms with Gasteiger partial charge in [0.1, 0.15) is 0 Å². The zero-order chi connectivity index (χ0) is 12.9. The van der Waals surface area contributed by atoms with E-state index < -0.39 is 0 Å². The highest BCUT2D eigenvalue weighted by molar-refractivity contribution is 5.81. The van der Waals surface area contributed by atoms with E-state index in [0.29, 0.717) is 6.61 Å². The molecule has 0 bridgehead atoms. The van der Waals surface area contributed by atoms with Gasteiger partial charge in [0.2, 0.25) is 0 Å². The normalized spacial score (nSPS) is 11.0. The molecule has 0 aromatic carbocycles. The number of allylic oxidation sites excluding steroid dienone is 5. The van der Waals surface area contributed by atoms with Crippen LogP contribution in [-0.4, -0.2) is 12.6 Å². The lowest BCUT2D eigenvalue weighted by Crippen LogP contribution is -1.98. The topological polar surface area (TPSA) is 26.3 Å². The van der Waals surface area contributed by atoms with Crippen molar-refractivity contribution in [3.8, 4) is 0 Å². The Hall–Kier alpha value is -1.31. The van der Waals surface area contributed by atoms with Gasteiger partial charge in [0, 0.05) is 6.08 Å². The molecule has 0 saturated carbocycles. The second-order valence-corrected chi connectivity index (χ2v) is 4.06. The van der Waals surface area contributed by atoms with E-state index in [1.165, 1.54) is 11.6 Å². The van der Waals surface area contributed by atoms with Crippen LogP contribution in [-0.2, 0) is 9.53 Å². The SMILES string of the molecule is CCOC(=O)/C=C/CC/C=C/CCC=C(C)C. The van der Waals surface area contributed by atoms with Crippen molar-refractivity contribution in [3.63, 3.8) is 0 Å². The molecule has 0 N–H and O–H groups in total. The van der Waals surface area contributed by atoms with Gasteiger partial charge in [-0.2, -0.15) is 0 Å². The molecule has 2 nitrogen and oxygen atoms in total. The van der Waals surface area contributed by atoms with E-state index >= 15 is 0 Å². The molecule has 0 aliphatic rings. The Kier molecular flexibility index (Phi) is 10.3. The molecule has 0 amide bonds. The lowest BCUT2D eigenvalue weighted by atomic mass is 10.2. The van der Waals surface area contributed by atoms with E-state index in [1.54, 1.807) is 6.92 Å². The molecular formula is C15H24O2. The van der Waals surface area contributed by atoms with Crippen LogP contribution >= 0.6 is 0 Å². The van der Waals surface area contributed by atoms with Crippen molar-refractivity contribution in [2.45, 2.75) is 46.5 Å². The third-order valence-corrected chi connectivity index (χ3v) is 2.09. The molecule has 0 atom stereocenters. The van der Waals surface area contributed by atoms with E-state index in [9.17, 15) is 4.79 Å². The van der Waals surface area contributed by atoms with E-state index in [-0.39, 0.29) is 5.97 Å². The van der Waals surface area contributed by atoms with Crippen LogP contribution in [0.1, 0.15) is 46.5 Å². The van der Waals surface area contributed by atoms with E-state index in [0.717, 1.165) is 25.7 Å². The number of unbranched alkanes of at least 4 members (excludes halogenated alkanes) is 2. The molecule has 2 heteroatoms. The van der Waals surface area contributed by atoms with Crippen molar-refractivity contribution in [2.24, 2.45) is 0 Å². The lowest BCUT2D eigenvalue weighted by molar-refractivity contribution is -0.137. The Labute approximate surface area is 105 Å². The summed E-state index contributed by atoms with van der Waals surface area (Å²) in [6, 6.07) is 0. The molecule has 0 aromatic rings. The molecule has 0 rings (SSSR count). The first-order valence-electron chi connectivity index (χ1n) is 6.28.